The third kappa shape index (κ3) is 4.65. The number of hydrogen-bond acceptors (Lipinski definition) is 5. The number of aliphatic hydroxyl groups is 2. The van der Waals surface area contributed by atoms with Crippen LogP contribution in [0.5, 0.6) is 5.75 Å². The van der Waals surface area contributed by atoms with Gasteiger partial charge < -0.3 is 25.2 Å². The van der Waals surface area contributed by atoms with Crippen molar-refractivity contribution in [1.29, 1.82) is 0 Å². The van der Waals surface area contributed by atoms with Crippen molar-refractivity contribution in [2.75, 3.05) is 13.2 Å². The number of hydrogen-bond donors (Lipinski definition) is 3. The van der Waals surface area contributed by atoms with Gasteiger partial charge in [0, 0.05) is 30.6 Å². The van der Waals surface area contributed by atoms with Crippen molar-refractivity contribution in [2.45, 2.75) is 50.5 Å². The van der Waals surface area contributed by atoms with Gasteiger partial charge in [-0.05, 0) is 24.1 Å². The fourth-order valence-electron chi connectivity index (χ4n) is 4.69. The average Bonchev–Trinajstić information content (AvgIpc) is 3.23. The maximum absolute atomic E-state index is 13.2. The minimum Gasteiger partial charge on any atom is -0.486 e. The largest absolute Gasteiger partial charge is 0.486 e. The van der Waals surface area contributed by atoms with Gasteiger partial charge in [-0.1, -0.05) is 55.5 Å². The monoisotopic (exact) mass is 450 g/mol. The van der Waals surface area contributed by atoms with E-state index in [4.69, 9.17) is 4.74 Å². The first kappa shape index (κ1) is 23.0. The summed E-state index contributed by atoms with van der Waals surface area (Å²) in [6, 6.07) is 16.3. The molecular weight excluding hydrogens is 420 g/mol. The molecule has 0 bridgehead atoms. The minimum absolute atomic E-state index is 0.0919. The maximum Gasteiger partial charge on any atom is 0.247 e. The second-order valence-electron chi connectivity index (χ2n) is 8.44. The van der Waals surface area contributed by atoms with Gasteiger partial charge in [0.1, 0.15) is 18.0 Å². The first-order chi connectivity index (χ1) is 16.0. The molecule has 174 valence electrons. The Balaban J connectivity index is 1.75. The number of carbonyl (C=O) groups excluding carboxylic acids is 2. The van der Waals surface area contributed by atoms with Crippen LogP contribution in [0.1, 0.15) is 36.8 Å². The lowest BCUT2D eigenvalue weighted by molar-refractivity contribution is -0.138. The quantitative estimate of drug-likeness (QED) is 0.572. The average molecular weight is 451 g/mol. The zero-order valence-electron chi connectivity index (χ0n) is 18.7. The third-order valence-electron chi connectivity index (χ3n) is 6.22. The van der Waals surface area contributed by atoms with Gasteiger partial charge >= 0.3 is 0 Å². The van der Waals surface area contributed by atoms with Crippen LogP contribution in [0.25, 0.3) is 0 Å². The van der Waals surface area contributed by atoms with Crippen molar-refractivity contribution in [3.05, 3.63) is 77.4 Å². The Morgan fingerprint density at radius 1 is 1.09 bits per heavy atom. The number of rotatable bonds is 8. The summed E-state index contributed by atoms with van der Waals surface area (Å²) in [5.74, 6) is -0.252. The predicted molar refractivity (Wildman–Crippen MR) is 123 cm³/mol. The van der Waals surface area contributed by atoms with Crippen molar-refractivity contribution in [3.63, 3.8) is 0 Å². The highest BCUT2D eigenvalue weighted by Crippen LogP contribution is 2.47. The Kier molecular flexibility index (Phi) is 7.11. The van der Waals surface area contributed by atoms with Gasteiger partial charge in [0.05, 0.1) is 18.6 Å². The molecule has 33 heavy (non-hydrogen) atoms. The van der Waals surface area contributed by atoms with E-state index >= 15 is 0 Å². The van der Waals surface area contributed by atoms with Crippen molar-refractivity contribution in [3.8, 4) is 5.75 Å². The topological polar surface area (TPSA) is 99.1 Å². The lowest BCUT2D eigenvalue weighted by Crippen LogP contribution is -2.55. The van der Waals surface area contributed by atoms with E-state index in [1.807, 2.05) is 61.5 Å². The Bertz CT molecular complexity index is 1020. The summed E-state index contributed by atoms with van der Waals surface area (Å²) in [6.45, 7) is 2.19. The van der Waals surface area contributed by atoms with E-state index in [9.17, 15) is 19.8 Å². The molecule has 0 saturated heterocycles. The van der Waals surface area contributed by atoms with Crippen LogP contribution in [-0.2, 0) is 16.1 Å². The Morgan fingerprint density at radius 3 is 2.55 bits per heavy atom. The maximum atomic E-state index is 13.2. The van der Waals surface area contributed by atoms with Crippen LogP contribution >= 0.6 is 0 Å². The number of fused-ring (bicyclic) bond motifs is 3. The Morgan fingerprint density at radius 2 is 1.82 bits per heavy atom. The minimum atomic E-state index is -1.01. The van der Waals surface area contributed by atoms with Crippen molar-refractivity contribution < 1.29 is 24.5 Å². The van der Waals surface area contributed by atoms with Crippen LogP contribution in [0.4, 0.5) is 0 Å². The molecule has 2 aromatic rings. The molecule has 4 rings (SSSR count). The van der Waals surface area contributed by atoms with E-state index in [1.54, 1.807) is 11.0 Å². The highest BCUT2D eigenvalue weighted by Gasteiger charge is 2.50. The zero-order valence-corrected chi connectivity index (χ0v) is 18.7. The molecule has 0 saturated carbocycles. The van der Waals surface area contributed by atoms with Gasteiger partial charge in [-0.15, -0.1) is 0 Å². The van der Waals surface area contributed by atoms with Crippen LogP contribution in [0, 0.1) is 0 Å². The van der Waals surface area contributed by atoms with Gasteiger partial charge in [0.25, 0.3) is 0 Å². The van der Waals surface area contributed by atoms with E-state index in [1.165, 1.54) is 0 Å². The number of ether oxygens (including phenoxy) is 1. The van der Waals surface area contributed by atoms with Gasteiger partial charge in [-0.3, -0.25) is 9.59 Å². The summed E-state index contributed by atoms with van der Waals surface area (Å²) in [7, 11) is 0. The number of amides is 2. The summed E-state index contributed by atoms with van der Waals surface area (Å²) in [4.78, 5) is 27.9. The number of nitrogens with zero attached hydrogens (tertiary/aromatic N) is 1. The molecule has 2 aromatic carbocycles. The molecule has 1 heterocycles. The molecular formula is C26H30N2O5. The molecule has 2 aliphatic rings. The number of aliphatic hydroxyl groups excluding tert-OH is 2. The molecule has 1 aliphatic carbocycles. The lowest BCUT2D eigenvalue weighted by Gasteiger charge is -2.40. The third-order valence-corrected chi connectivity index (χ3v) is 6.22. The van der Waals surface area contributed by atoms with Crippen LogP contribution in [0.2, 0.25) is 0 Å². The van der Waals surface area contributed by atoms with Crippen molar-refractivity contribution >= 4 is 11.8 Å². The fraction of sp³-hybridized carbons (Fsp3) is 0.385. The lowest BCUT2D eigenvalue weighted by atomic mass is 9.77. The number of carbonyl (C=O) groups is 2. The highest BCUT2D eigenvalue weighted by molar-refractivity contribution is 5.96. The van der Waals surface area contributed by atoms with E-state index < -0.39 is 24.2 Å². The van der Waals surface area contributed by atoms with E-state index in [2.05, 4.69) is 5.32 Å². The molecule has 7 heteroatoms. The summed E-state index contributed by atoms with van der Waals surface area (Å²) in [5, 5.41) is 23.3. The summed E-state index contributed by atoms with van der Waals surface area (Å²) < 4.78 is 6.12. The van der Waals surface area contributed by atoms with Gasteiger partial charge in [-0.2, -0.15) is 0 Å². The first-order valence-electron chi connectivity index (χ1n) is 11.4. The molecule has 0 spiro atoms. The van der Waals surface area contributed by atoms with Crippen LogP contribution in [-0.4, -0.2) is 58.3 Å². The van der Waals surface area contributed by atoms with Gasteiger partial charge in [0.15, 0.2) is 0 Å². The number of benzene rings is 2. The molecule has 0 unspecified atom stereocenters. The Labute approximate surface area is 193 Å². The predicted octanol–water partition coefficient (Wildman–Crippen LogP) is 2.14. The smallest absolute Gasteiger partial charge is 0.247 e. The van der Waals surface area contributed by atoms with E-state index in [0.717, 1.165) is 11.1 Å². The fourth-order valence-corrected chi connectivity index (χ4v) is 4.69. The Hall–Kier alpha value is -3.16. The summed E-state index contributed by atoms with van der Waals surface area (Å²) in [6.07, 6.45) is 1.02. The normalized spacial score (nSPS) is 23.1. The van der Waals surface area contributed by atoms with Crippen molar-refractivity contribution in [1.82, 2.24) is 10.2 Å². The molecule has 3 N–H and O–H groups in total. The second-order valence-corrected chi connectivity index (χ2v) is 8.44. The molecule has 1 aliphatic heterocycles. The van der Waals surface area contributed by atoms with E-state index in [0.29, 0.717) is 30.7 Å². The van der Waals surface area contributed by atoms with Gasteiger partial charge in [0.2, 0.25) is 11.8 Å². The molecule has 0 aromatic heterocycles. The van der Waals surface area contributed by atoms with Crippen molar-refractivity contribution in [2.24, 2.45) is 0 Å². The first-order valence-corrected chi connectivity index (χ1v) is 11.4. The molecule has 2 amide bonds. The second kappa shape index (κ2) is 10.2. The summed E-state index contributed by atoms with van der Waals surface area (Å²) >= 11 is 0. The molecule has 0 radical (unpaired) electrons. The molecule has 0 fully saturated rings. The SMILES string of the molecule is CCCC(=O)N(Cc1ccccc1)[C@@H]1C=C(C(=O)NCCO)[C@@H]2c3ccccc3O[C@@H]2[C@H]1O. The number of nitrogens with one attached hydrogen (secondary N) is 1. The zero-order chi connectivity index (χ0) is 23.4. The number of para-hydroxylation sites is 1. The molecule has 4 atom stereocenters. The highest BCUT2D eigenvalue weighted by atomic mass is 16.5. The standard InChI is InChI=1S/C26H30N2O5/c1-2-8-22(30)28(16-17-9-4-3-5-10-17)20-15-19(26(32)27-13-14-29)23-18-11-6-7-12-21(18)33-25(23)24(20)31/h3-7,9-12,15,20,23-25,29,31H,2,8,13-14,16H2,1H3,(H,27,32)/t20-,23+,24+,25+/m1/s1. The van der Waals surface area contributed by atoms with Crippen LogP contribution in [0.15, 0.2) is 66.2 Å². The van der Waals surface area contributed by atoms with Gasteiger partial charge in [-0.25, -0.2) is 0 Å². The van der Waals surface area contributed by atoms with Crippen LogP contribution < -0.4 is 10.1 Å². The summed E-state index contributed by atoms with van der Waals surface area (Å²) in [5.41, 5.74) is 2.21. The van der Waals surface area contributed by atoms with Crippen LogP contribution in [0.3, 0.4) is 0 Å². The van der Waals surface area contributed by atoms with E-state index in [-0.39, 0.29) is 25.0 Å². The molecule has 7 nitrogen and oxygen atoms in total.